The highest BCUT2D eigenvalue weighted by Crippen LogP contribution is 2.36. The Kier molecular flexibility index (Phi) is 3.43. The van der Waals surface area contributed by atoms with Crippen LogP contribution in [0.25, 0.3) is 21.9 Å². The van der Waals surface area contributed by atoms with Crippen LogP contribution in [0, 0.1) is 6.92 Å². The Balaban J connectivity index is 2.08. The van der Waals surface area contributed by atoms with Gasteiger partial charge in [-0.25, -0.2) is 15.0 Å². The third-order valence-electron chi connectivity index (χ3n) is 4.11. The number of anilines is 2. The number of pyridine rings is 1. The van der Waals surface area contributed by atoms with Gasteiger partial charge in [0.05, 0.1) is 27.8 Å². The van der Waals surface area contributed by atoms with Crippen LogP contribution in [0.2, 0.25) is 0 Å². The standard InChI is InChI=1S/C19H19N5/c1-13-11-17(24(23(2)3)14-7-5-4-6-8-14)18-15(22-13)9-10-16-19(18)21-12-20-16/h4-12,22H,1-3H3. The average molecular weight is 317 g/mol. The van der Waals surface area contributed by atoms with Crippen LogP contribution in [0.5, 0.6) is 0 Å². The number of aromatic amines is 1. The summed E-state index contributed by atoms with van der Waals surface area (Å²) in [5, 5.41) is 5.35. The van der Waals surface area contributed by atoms with Crippen LogP contribution in [0.3, 0.4) is 0 Å². The molecule has 0 saturated heterocycles. The summed E-state index contributed by atoms with van der Waals surface area (Å²) in [6.45, 7) is 2.07. The van der Waals surface area contributed by atoms with Gasteiger partial charge in [-0.3, -0.25) is 5.01 Å². The van der Waals surface area contributed by atoms with Crippen LogP contribution < -0.4 is 5.01 Å². The second-order valence-corrected chi connectivity index (χ2v) is 6.06. The molecule has 0 amide bonds. The fourth-order valence-corrected chi connectivity index (χ4v) is 3.17. The first kappa shape index (κ1) is 14.7. The Morgan fingerprint density at radius 3 is 2.50 bits per heavy atom. The molecule has 0 fully saturated rings. The predicted octanol–water partition coefficient (Wildman–Crippen LogP) is 4.03. The summed E-state index contributed by atoms with van der Waals surface area (Å²) in [4.78, 5) is 12.3. The maximum atomic E-state index is 4.50. The number of H-pyrrole nitrogens is 1. The fourth-order valence-electron chi connectivity index (χ4n) is 3.17. The molecule has 0 radical (unpaired) electrons. The number of fused-ring (bicyclic) bond motifs is 3. The van der Waals surface area contributed by atoms with Crippen molar-refractivity contribution in [3.05, 3.63) is 60.6 Å². The van der Waals surface area contributed by atoms with E-state index in [1.807, 2.05) is 38.4 Å². The number of nitrogens with one attached hydrogen (secondary N) is 1. The summed E-state index contributed by atoms with van der Waals surface area (Å²) < 4.78 is 0. The minimum Gasteiger partial charge on any atom is -0.358 e. The maximum Gasteiger partial charge on any atom is 0.116 e. The fraction of sp³-hybridized carbons (Fsp3) is 0.158. The van der Waals surface area contributed by atoms with Gasteiger partial charge in [-0.15, -0.1) is 0 Å². The molecule has 2 heterocycles. The summed E-state index contributed by atoms with van der Waals surface area (Å²) in [7, 11) is 4.09. The quantitative estimate of drug-likeness (QED) is 0.579. The van der Waals surface area contributed by atoms with Gasteiger partial charge in [0.25, 0.3) is 0 Å². The third kappa shape index (κ3) is 2.30. The molecule has 0 spiro atoms. The minimum atomic E-state index is 0.910. The SMILES string of the molecule is Cc1cc(N(c2ccccc2)N(C)C)c2c(ccc3ncnc32)[nH]1. The first-order valence-electron chi connectivity index (χ1n) is 7.90. The zero-order chi connectivity index (χ0) is 16.7. The Labute approximate surface area is 140 Å². The highest BCUT2D eigenvalue weighted by Gasteiger charge is 2.18. The van der Waals surface area contributed by atoms with Gasteiger partial charge in [-0.1, -0.05) is 18.2 Å². The third-order valence-corrected chi connectivity index (χ3v) is 4.11. The van der Waals surface area contributed by atoms with Crippen molar-refractivity contribution in [3.63, 3.8) is 0 Å². The Morgan fingerprint density at radius 1 is 0.958 bits per heavy atom. The number of para-hydroxylation sites is 1. The van der Waals surface area contributed by atoms with Gasteiger partial charge in [0.2, 0.25) is 0 Å². The maximum absolute atomic E-state index is 4.50. The zero-order valence-electron chi connectivity index (χ0n) is 14.0. The smallest absolute Gasteiger partial charge is 0.116 e. The van der Waals surface area contributed by atoms with Crippen LogP contribution in [-0.2, 0) is 0 Å². The second kappa shape index (κ2) is 5.62. The molecule has 4 aromatic rings. The molecule has 5 heteroatoms. The van der Waals surface area contributed by atoms with Crippen LogP contribution in [-0.4, -0.2) is 34.1 Å². The Morgan fingerprint density at radius 2 is 1.75 bits per heavy atom. The molecular formula is C19H19N5. The summed E-state index contributed by atoms with van der Waals surface area (Å²) in [5.41, 5.74) is 6.17. The van der Waals surface area contributed by atoms with Crippen molar-refractivity contribution in [2.24, 2.45) is 0 Å². The number of aryl methyl sites for hydroxylation is 1. The van der Waals surface area contributed by atoms with E-state index in [9.17, 15) is 0 Å². The van der Waals surface area contributed by atoms with Crippen molar-refractivity contribution in [1.29, 1.82) is 0 Å². The van der Waals surface area contributed by atoms with Gasteiger partial charge in [-0.2, -0.15) is 0 Å². The normalized spacial score (nSPS) is 11.5. The lowest BCUT2D eigenvalue weighted by Gasteiger charge is -2.32. The molecule has 2 aromatic carbocycles. The monoisotopic (exact) mass is 317 g/mol. The van der Waals surface area contributed by atoms with E-state index in [1.54, 1.807) is 6.33 Å². The first-order valence-corrected chi connectivity index (χ1v) is 7.90. The highest BCUT2D eigenvalue weighted by atomic mass is 15.6. The van der Waals surface area contributed by atoms with E-state index < -0.39 is 0 Å². The Hall–Kier alpha value is -2.92. The molecule has 5 nitrogen and oxygen atoms in total. The number of imidazole rings is 1. The molecular weight excluding hydrogens is 298 g/mol. The average Bonchev–Trinajstić information content (AvgIpc) is 3.04. The van der Waals surface area contributed by atoms with Crippen molar-refractivity contribution in [2.75, 3.05) is 19.1 Å². The molecule has 0 saturated carbocycles. The van der Waals surface area contributed by atoms with E-state index in [0.29, 0.717) is 0 Å². The van der Waals surface area contributed by atoms with Crippen LogP contribution in [0.4, 0.5) is 11.4 Å². The van der Waals surface area contributed by atoms with Crippen LogP contribution in [0.1, 0.15) is 5.69 Å². The molecule has 24 heavy (non-hydrogen) atoms. The van der Waals surface area contributed by atoms with Crippen molar-refractivity contribution in [3.8, 4) is 0 Å². The summed E-state index contributed by atoms with van der Waals surface area (Å²) in [6.07, 6.45) is 1.62. The van der Waals surface area contributed by atoms with E-state index in [-0.39, 0.29) is 0 Å². The predicted molar refractivity (Wildman–Crippen MR) is 98.4 cm³/mol. The van der Waals surface area contributed by atoms with Gasteiger partial charge in [0.15, 0.2) is 0 Å². The number of nitrogens with zero attached hydrogens (tertiary/aromatic N) is 4. The number of hydrogen-bond acceptors (Lipinski definition) is 4. The van der Waals surface area contributed by atoms with E-state index in [4.69, 9.17) is 0 Å². The second-order valence-electron chi connectivity index (χ2n) is 6.06. The van der Waals surface area contributed by atoms with E-state index >= 15 is 0 Å². The molecule has 0 unspecified atom stereocenters. The zero-order valence-corrected chi connectivity index (χ0v) is 14.0. The lowest BCUT2D eigenvalue weighted by molar-refractivity contribution is 0.419. The number of hydrazine groups is 1. The van der Waals surface area contributed by atoms with Crippen molar-refractivity contribution in [1.82, 2.24) is 20.0 Å². The number of aromatic nitrogens is 3. The van der Waals surface area contributed by atoms with Gasteiger partial charge in [0, 0.05) is 19.8 Å². The van der Waals surface area contributed by atoms with E-state index in [2.05, 4.69) is 56.2 Å². The molecule has 1 N–H and O–H groups in total. The van der Waals surface area contributed by atoms with Crippen LogP contribution >= 0.6 is 0 Å². The molecule has 0 atom stereocenters. The molecule has 0 aliphatic carbocycles. The van der Waals surface area contributed by atoms with Crippen molar-refractivity contribution >= 4 is 33.3 Å². The molecule has 0 aliphatic heterocycles. The molecule has 0 aliphatic rings. The first-order chi connectivity index (χ1) is 11.6. The van der Waals surface area contributed by atoms with E-state index in [1.165, 1.54) is 0 Å². The van der Waals surface area contributed by atoms with Crippen LogP contribution in [0.15, 0.2) is 54.9 Å². The molecule has 0 bridgehead atoms. The van der Waals surface area contributed by atoms with E-state index in [0.717, 1.165) is 39.0 Å². The Bertz CT molecular complexity index is 1000. The summed E-state index contributed by atoms with van der Waals surface area (Å²) in [6, 6.07) is 16.6. The summed E-state index contributed by atoms with van der Waals surface area (Å²) in [5.74, 6) is 0. The van der Waals surface area contributed by atoms with Gasteiger partial charge in [0.1, 0.15) is 11.8 Å². The molecule has 2 aromatic heterocycles. The number of rotatable bonds is 3. The topological polar surface area (TPSA) is 48.1 Å². The van der Waals surface area contributed by atoms with Crippen molar-refractivity contribution in [2.45, 2.75) is 6.92 Å². The van der Waals surface area contributed by atoms with Crippen molar-refractivity contribution < 1.29 is 0 Å². The minimum absolute atomic E-state index is 0.910. The lowest BCUT2D eigenvalue weighted by Crippen LogP contribution is -2.32. The number of benzene rings is 2. The number of hydrogen-bond donors (Lipinski definition) is 1. The lowest BCUT2D eigenvalue weighted by atomic mass is 10.1. The van der Waals surface area contributed by atoms with Gasteiger partial charge < -0.3 is 4.98 Å². The van der Waals surface area contributed by atoms with Gasteiger partial charge >= 0.3 is 0 Å². The summed E-state index contributed by atoms with van der Waals surface area (Å²) >= 11 is 0. The molecule has 4 rings (SSSR count). The molecule has 120 valence electrons. The highest BCUT2D eigenvalue weighted by molar-refractivity contribution is 6.10. The largest absolute Gasteiger partial charge is 0.358 e. The van der Waals surface area contributed by atoms with Gasteiger partial charge in [-0.05, 0) is 37.3 Å².